The number of aromatic amines is 1. The molecule has 5 atom stereocenters. The van der Waals surface area contributed by atoms with Gasteiger partial charge in [-0.05, 0) is 43.6 Å². The number of carbonyl (C=O) groups is 1. The predicted octanol–water partition coefficient (Wildman–Crippen LogP) is 2.82. The quantitative estimate of drug-likeness (QED) is 0.149. The lowest BCUT2D eigenvalue weighted by atomic mass is 10.1. The monoisotopic (exact) mass is 542 g/mol. The van der Waals surface area contributed by atoms with Crippen LogP contribution in [0.1, 0.15) is 25.1 Å². The summed E-state index contributed by atoms with van der Waals surface area (Å²) in [6.45, 7) is 2.53. The van der Waals surface area contributed by atoms with Crippen molar-refractivity contribution < 1.29 is 27.9 Å². The van der Waals surface area contributed by atoms with E-state index in [0.717, 1.165) is 4.57 Å². The van der Waals surface area contributed by atoms with E-state index >= 15 is 0 Å². The van der Waals surface area contributed by atoms with Crippen LogP contribution >= 0.6 is 19.3 Å². The first-order valence-electron chi connectivity index (χ1n) is 10.6. The zero-order chi connectivity index (χ0) is 26.5. The molecule has 2 aromatic rings. The Bertz CT molecular complexity index is 1310. The second-order valence-electron chi connectivity index (χ2n) is 7.83. The fourth-order valence-electron chi connectivity index (χ4n) is 3.39. The molecular formula is C20H24ClN6O8P. The van der Waals surface area contributed by atoms with Gasteiger partial charge in [0.25, 0.3) is 5.56 Å². The fraction of sp³-hybridized carbons (Fsp3) is 0.450. The molecule has 36 heavy (non-hydrogen) atoms. The molecule has 14 nitrogen and oxygen atoms in total. The maximum absolute atomic E-state index is 13.6. The molecule has 1 aromatic heterocycles. The lowest BCUT2D eigenvalue weighted by molar-refractivity contribution is -0.142. The number of ether oxygens (including phenoxy) is 2. The number of aryl methyl sites for hydroxylation is 1. The number of nitrogens with one attached hydrogen (secondary N) is 2. The minimum Gasteiger partial charge on any atom is -0.468 e. The highest BCUT2D eigenvalue weighted by molar-refractivity contribution is 7.52. The van der Waals surface area contributed by atoms with Crippen molar-refractivity contribution in [2.24, 2.45) is 5.11 Å². The van der Waals surface area contributed by atoms with Gasteiger partial charge in [0.2, 0.25) is 0 Å². The molecule has 1 aromatic carbocycles. The minimum absolute atomic E-state index is 0.0812. The van der Waals surface area contributed by atoms with Crippen LogP contribution in [0.5, 0.6) is 5.75 Å². The van der Waals surface area contributed by atoms with Crippen molar-refractivity contribution in [1.82, 2.24) is 14.6 Å². The van der Waals surface area contributed by atoms with E-state index in [2.05, 4.69) is 24.8 Å². The van der Waals surface area contributed by atoms with Crippen molar-refractivity contribution in [3.63, 3.8) is 0 Å². The number of H-pyrrole nitrogens is 1. The number of hydrogen-bond donors (Lipinski definition) is 2. The van der Waals surface area contributed by atoms with Gasteiger partial charge in [0, 0.05) is 28.1 Å². The summed E-state index contributed by atoms with van der Waals surface area (Å²) in [5, 5.41) is 6.61. The van der Waals surface area contributed by atoms with Crippen LogP contribution in [-0.2, 0) is 23.4 Å². The molecule has 0 bridgehead atoms. The number of aromatic nitrogens is 2. The molecular weight excluding hydrogens is 519 g/mol. The summed E-state index contributed by atoms with van der Waals surface area (Å²) in [6.07, 6.45) is -0.424. The van der Waals surface area contributed by atoms with Crippen molar-refractivity contribution in [2.45, 2.75) is 44.7 Å². The highest BCUT2D eigenvalue weighted by atomic mass is 35.5. The highest BCUT2D eigenvalue weighted by Gasteiger charge is 2.40. The Morgan fingerprint density at radius 3 is 2.75 bits per heavy atom. The summed E-state index contributed by atoms with van der Waals surface area (Å²) in [5.74, 6) is -0.574. The third-order valence-electron chi connectivity index (χ3n) is 5.21. The van der Waals surface area contributed by atoms with Crippen molar-refractivity contribution in [3.05, 3.63) is 72.3 Å². The van der Waals surface area contributed by atoms with Crippen LogP contribution in [0.2, 0.25) is 5.02 Å². The molecule has 0 aliphatic carbocycles. The molecule has 1 aliphatic rings. The van der Waals surface area contributed by atoms with E-state index in [1.165, 1.54) is 51.4 Å². The van der Waals surface area contributed by atoms with Gasteiger partial charge in [-0.15, -0.1) is 0 Å². The second-order valence-corrected chi connectivity index (χ2v) is 9.96. The molecule has 0 amide bonds. The number of nitrogens with zero attached hydrogens (tertiary/aromatic N) is 4. The van der Waals surface area contributed by atoms with Crippen LogP contribution in [-0.4, -0.2) is 47.4 Å². The lowest BCUT2D eigenvalue weighted by Gasteiger charge is -2.24. The molecule has 0 radical (unpaired) electrons. The number of azide groups is 1. The van der Waals surface area contributed by atoms with E-state index in [1.54, 1.807) is 0 Å². The molecule has 1 saturated heterocycles. The molecule has 0 spiro atoms. The zero-order valence-corrected chi connectivity index (χ0v) is 21.1. The molecule has 0 saturated carbocycles. The smallest absolute Gasteiger partial charge is 0.459 e. The van der Waals surface area contributed by atoms with Crippen molar-refractivity contribution in [3.8, 4) is 5.75 Å². The SMILES string of the molecule is COC(=O)C(C)NP(=O)(OC[C@H]1O[C@@H](n2cc(C)c(=O)[nH]c2=O)C[C@H]1N=[N+]=[N-])Oc1ccc(Cl)cc1. The van der Waals surface area contributed by atoms with Crippen molar-refractivity contribution in [1.29, 1.82) is 0 Å². The molecule has 194 valence electrons. The normalized spacial score (nSPS) is 21.7. The van der Waals surface area contributed by atoms with Gasteiger partial charge in [-0.25, -0.2) is 9.36 Å². The number of methoxy groups -OCH3 is 1. The Kier molecular flexibility index (Phi) is 8.96. The van der Waals surface area contributed by atoms with Gasteiger partial charge >= 0.3 is 19.4 Å². The van der Waals surface area contributed by atoms with Gasteiger partial charge in [0.05, 0.1) is 25.9 Å². The van der Waals surface area contributed by atoms with Crippen molar-refractivity contribution >= 4 is 25.3 Å². The van der Waals surface area contributed by atoms with E-state index in [0.29, 0.717) is 5.02 Å². The van der Waals surface area contributed by atoms with Crippen LogP contribution < -0.4 is 20.9 Å². The topological polar surface area (TPSA) is 187 Å². The van der Waals surface area contributed by atoms with Gasteiger partial charge in [0.15, 0.2) is 0 Å². The first-order chi connectivity index (χ1) is 17.0. The van der Waals surface area contributed by atoms with E-state index in [1.807, 2.05) is 0 Å². The number of halogens is 1. The second kappa shape index (κ2) is 11.7. The average Bonchev–Trinajstić information content (AvgIpc) is 3.23. The Morgan fingerprint density at radius 2 is 2.11 bits per heavy atom. The van der Waals surface area contributed by atoms with Crippen LogP contribution in [0.15, 0.2) is 45.2 Å². The summed E-state index contributed by atoms with van der Waals surface area (Å²) in [7, 11) is -3.05. The molecule has 3 rings (SSSR count). The summed E-state index contributed by atoms with van der Waals surface area (Å²) in [4.78, 5) is 40.8. The van der Waals surface area contributed by atoms with Crippen LogP contribution in [0.4, 0.5) is 0 Å². The van der Waals surface area contributed by atoms with Gasteiger partial charge < -0.3 is 14.0 Å². The third-order valence-corrected chi connectivity index (χ3v) is 7.11. The first kappa shape index (κ1) is 27.5. The molecule has 1 fully saturated rings. The molecule has 2 unspecified atom stereocenters. The van der Waals surface area contributed by atoms with Crippen LogP contribution in [0, 0.1) is 6.92 Å². The largest absolute Gasteiger partial charge is 0.468 e. The van der Waals surface area contributed by atoms with Gasteiger partial charge in [-0.1, -0.05) is 16.7 Å². The Labute approximate surface area is 209 Å². The Morgan fingerprint density at radius 1 is 1.42 bits per heavy atom. The standard InChI is InChI=1S/C20H24ClN6O8P/c1-11-9-27(20(30)23-18(11)28)17-8-15(24-26-22)16(34-17)10-33-36(31,25-12(2)19(29)32-3)35-14-6-4-13(21)5-7-14/h4-7,9,12,15-17H,8,10H2,1-3H3,(H,25,31)(H,23,28,30)/t12?,15-,16-,17-,36?/m1/s1. The number of carbonyl (C=O) groups excluding carboxylic acids is 1. The maximum Gasteiger partial charge on any atom is 0.459 e. The third kappa shape index (κ3) is 6.76. The van der Waals surface area contributed by atoms with Crippen molar-refractivity contribution in [2.75, 3.05) is 13.7 Å². The van der Waals surface area contributed by atoms with E-state index in [-0.39, 0.29) is 17.7 Å². The van der Waals surface area contributed by atoms with Crippen LogP contribution in [0.25, 0.3) is 10.4 Å². The Balaban J connectivity index is 1.82. The first-order valence-corrected chi connectivity index (χ1v) is 12.5. The van der Waals surface area contributed by atoms with E-state index in [4.69, 9.17) is 30.9 Å². The molecule has 2 N–H and O–H groups in total. The highest BCUT2D eigenvalue weighted by Crippen LogP contribution is 2.46. The lowest BCUT2D eigenvalue weighted by Crippen LogP contribution is -2.36. The number of esters is 1. The molecule has 2 heterocycles. The number of rotatable bonds is 10. The van der Waals surface area contributed by atoms with Gasteiger partial charge in [-0.2, -0.15) is 5.09 Å². The molecule has 1 aliphatic heterocycles. The summed E-state index contributed by atoms with van der Waals surface area (Å²) in [5.41, 5.74) is 8.02. The average molecular weight is 543 g/mol. The fourth-order valence-corrected chi connectivity index (χ4v) is 5.01. The summed E-state index contributed by atoms with van der Waals surface area (Å²) in [6, 6.07) is 4.06. The minimum atomic E-state index is -4.22. The van der Waals surface area contributed by atoms with E-state index in [9.17, 15) is 18.9 Å². The van der Waals surface area contributed by atoms with E-state index < -0.39 is 56.0 Å². The van der Waals surface area contributed by atoms with Gasteiger partial charge in [-0.3, -0.25) is 23.7 Å². The maximum atomic E-state index is 13.6. The summed E-state index contributed by atoms with van der Waals surface area (Å²) < 4.78 is 36.4. The van der Waals surface area contributed by atoms with Gasteiger partial charge in [0.1, 0.15) is 18.0 Å². The predicted molar refractivity (Wildman–Crippen MR) is 128 cm³/mol. The zero-order valence-electron chi connectivity index (χ0n) is 19.5. The summed E-state index contributed by atoms with van der Waals surface area (Å²) >= 11 is 5.88. The Hall–Kier alpha value is -3.12. The molecule has 16 heteroatoms. The number of benzene rings is 1. The van der Waals surface area contributed by atoms with Crippen LogP contribution in [0.3, 0.4) is 0 Å². The number of hydrogen-bond acceptors (Lipinski definition) is 9.